The first kappa shape index (κ1) is 30.1. The molecule has 0 bridgehead atoms. The van der Waals surface area contributed by atoms with E-state index in [1.54, 1.807) is 0 Å². The molecule has 1 aromatic carbocycles. The minimum absolute atomic E-state index is 0.000169. The van der Waals surface area contributed by atoms with Gasteiger partial charge in [0.2, 0.25) is 28.3 Å². The lowest BCUT2D eigenvalue weighted by Gasteiger charge is -2.39. The Balaban J connectivity index is 1.66. The molecule has 0 spiro atoms. The second kappa shape index (κ2) is 11.3. The molecular weight excluding hydrogens is 613 g/mol. The normalized spacial score (nSPS) is 19.6. The van der Waals surface area contributed by atoms with Crippen molar-refractivity contribution in [1.29, 1.82) is 5.26 Å². The molecule has 2 fully saturated rings. The second-order valence-electron chi connectivity index (χ2n) is 10.1. The van der Waals surface area contributed by atoms with Crippen molar-refractivity contribution in [3.63, 3.8) is 0 Å². The Morgan fingerprint density at radius 3 is 2.60 bits per heavy atom. The number of amides is 2. The fourth-order valence-corrected chi connectivity index (χ4v) is 7.07. The lowest BCUT2D eigenvalue weighted by atomic mass is 9.87. The van der Waals surface area contributed by atoms with Gasteiger partial charge in [-0.05, 0) is 24.6 Å². The Morgan fingerprint density at radius 1 is 1.23 bits per heavy atom. The maximum atomic E-state index is 14.6. The molecule has 2 aliphatic rings. The summed E-state index contributed by atoms with van der Waals surface area (Å²) < 4.78 is 68.9. The highest BCUT2D eigenvalue weighted by Gasteiger charge is 2.50. The van der Waals surface area contributed by atoms with E-state index in [1.807, 2.05) is 6.07 Å². The summed E-state index contributed by atoms with van der Waals surface area (Å²) in [5, 5.41) is 24.1. The minimum Gasteiger partial charge on any atom is -0.619 e. The first-order chi connectivity index (χ1) is 20.3. The summed E-state index contributed by atoms with van der Waals surface area (Å²) in [7, 11) is -4.17. The van der Waals surface area contributed by atoms with E-state index in [-0.39, 0.29) is 33.1 Å². The van der Waals surface area contributed by atoms with Gasteiger partial charge in [0, 0.05) is 41.7 Å². The number of hydrogen-bond acceptors (Lipinski definition) is 7. The summed E-state index contributed by atoms with van der Waals surface area (Å²) >= 11 is 6.43. The van der Waals surface area contributed by atoms with E-state index in [9.17, 15) is 41.6 Å². The molecule has 224 valence electrons. The Labute approximate surface area is 248 Å². The molecule has 1 aliphatic carbocycles. The summed E-state index contributed by atoms with van der Waals surface area (Å²) in [5.41, 5.74) is -0.375. The quantitative estimate of drug-likeness (QED) is 0.310. The van der Waals surface area contributed by atoms with Crippen molar-refractivity contribution in [2.75, 3.05) is 15.0 Å². The Kier molecular flexibility index (Phi) is 7.93. The first-order valence-electron chi connectivity index (χ1n) is 12.8. The lowest BCUT2D eigenvalue weighted by Crippen LogP contribution is -2.56. The first-order valence-corrected chi connectivity index (χ1v) is 14.8. The van der Waals surface area contributed by atoms with Gasteiger partial charge in [-0.15, -0.1) is 0 Å². The van der Waals surface area contributed by atoms with E-state index < -0.39 is 76.0 Å². The molecule has 11 nitrogen and oxygen atoms in total. The van der Waals surface area contributed by atoms with Crippen LogP contribution in [0.1, 0.15) is 36.4 Å². The average Bonchev–Trinajstić information content (AvgIpc) is 3.25. The van der Waals surface area contributed by atoms with Crippen LogP contribution in [-0.2, 0) is 19.6 Å². The molecule has 0 radical (unpaired) electrons. The number of anilines is 2. The van der Waals surface area contributed by atoms with Crippen molar-refractivity contribution in [3.05, 3.63) is 88.2 Å². The van der Waals surface area contributed by atoms with E-state index in [0.29, 0.717) is 10.5 Å². The van der Waals surface area contributed by atoms with Gasteiger partial charge in [-0.2, -0.15) is 9.99 Å². The number of sulfonamides is 1. The van der Waals surface area contributed by atoms with Crippen molar-refractivity contribution < 1.29 is 35.9 Å². The van der Waals surface area contributed by atoms with Crippen molar-refractivity contribution in [2.45, 2.75) is 43.3 Å². The summed E-state index contributed by atoms with van der Waals surface area (Å²) in [6.07, 6.45) is 0.946. The Hall–Kier alpha value is -4.42. The fraction of sp³-hybridized carbons (Fsp3) is 0.296. The second-order valence-corrected chi connectivity index (χ2v) is 12.5. The molecule has 1 aliphatic heterocycles. The molecule has 1 saturated heterocycles. The number of benzene rings is 1. The zero-order chi connectivity index (χ0) is 31.1. The molecule has 16 heteroatoms. The van der Waals surface area contributed by atoms with Crippen LogP contribution in [-0.4, -0.2) is 49.0 Å². The number of carbonyl (C=O) groups excluding carboxylic acids is 2. The number of pyridine rings is 2. The number of alkyl halides is 2. The predicted molar refractivity (Wildman–Crippen MR) is 147 cm³/mol. The highest BCUT2D eigenvalue weighted by atomic mass is 35.5. The molecule has 2 atom stereocenters. The van der Waals surface area contributed by atoms with E-state index in [0.717, 1.165) is 23.2 Å². The molecule has 1 N–H and O–H groups in total. The summed E-state index contributed by atoms with van der Waals surface area (Å²) in [6.45, 7) is 0. The van der Waals surface area contributed by atoms with Gasteiger partial charge in [-0.3, -0.25) is 14.5 Å². The van der Waals surface area contributed by atoms with Crippen LogP contribution in [0.4, 0.5) is 24.7 Å². The highest BCUT2D eigenvalue weighted by molar-refractivity contribution is 7.93. The average molecular weight is 635 g/mol. The Bertz CT molecular complexity index is 1730. The minimum atomic E-state index is -4.17. The number of hydrogen-bond donors (Lipinski definition) is 1. The van der Waals surface area contributed by atoms with E-state index in [2.05, 4.69) is 10.3 Å². The third-order valence-electron chi connectivity index (χ3n) is 7.07. The zero-order valence-electron chi connectivity index (χ0n) is 22.0. The summed E-state index contributed by atoms with van der Waals surface area (Å²) in [5.74, 6) is -6.87. The van der Waals surface area contributed by atoms with E-state index in [1.165, 1.54) is 36.5 Å². The predicted octanol–water partition coefficient (Wildman–Crippen LogP) is 2.98. The number of rotatable bonds is 7. The van der Waals surface area contributed by atoms with Gasteiger partial charge >= 0.3 is 0 Å². The van der Waals surface area contributed by atoms with Gasteiger partial charge in [0.25, 0.3) is 11.8 Å². The molecule has 1 saturated carbocycles. The molecule has 3 heterocycles. The van der Waals surface area contributed by atoms with Crippen LogP contribution < -0.4 is 19.3 Å². The standard InChI is InChI=1S/C27H22ClF3N6O5S/c28-21-4-2-1-3-20(21)24(25(38)34-18-11-27(30,31)12-18)36(19-10-17(29)14-35(40)15-19)26(39)22-6-8-43(41,42)37(22)23-9-16(13-32)5-7-33-23/h1-5,7,9-10,14-15,18,22,24H,6,8,11-12H2,(H,34,38)/t22-,24-/m0/s1. The van der Waals surface area contributed by atoms with Crippen LogP contribution in [0.2, 0.25) is 5.02 Å². The van der Waals surface area contributed by atoms with Crippen LogP contribution in [0.25, 0.3) is 0 Å². The largest absolute Gasteiger partial charge is 0.619 e. The maximum Gasteiger partial charge on any atom is 0.252 e. The van der Waals surface area contributed by atoms with Gasteiger partial charge in [0.1, 0.15) is 23.6 Å². The van der Waals surface area contributed by atoms with Gasteiger partial charge in [-0.1, -0.05) is 29.8 Å². The van der Waals surface area contributed by atoms with E-state index in [4.69, 9.17) is 11.6 Å². The van der Waals surface area contributed by atoms with Gasteiger partial charge in [0.05, 0.1) is 17.4 Å². The fourth-order valence-electron chi connectivity index (χ4n) is 5.14. The number of nitrogens with zero attached hydrogens (tertiary/aromatic N) is 5. The number of aromatic nitrogens is 2. The SMILES string of the molecule is N#Cc1ccnc(N2[C@H](C(=O)N(c3cc(F)c[n+]([O-])c3)[C@H](C(=O)NC3CC(F)(F)C3)c3ccccc3Cl)CCS2(=O)=O)c1. The topological polar surface area (TPSA) is 150 Å². The number of nitriles is 1. The van der Waals surface area contributed by atoms with Crippen LogP contribution in [0.3, 0.4) is 0 Å². The van der Waals surface area contributed by atoms with Crippen LogP contribution in [0.5, 0.6) is 0 Å². The third-order valence-corrected chi connectivity index (χ3v) is 9.21. The zero-order valence-corrected chi connectivity index (χ0v) is 23.6. The smallest absolute Gasteiger partial charge is 0.252 e. The third kappa shape index (κ3) is 6.06. The molecule has 43 heavy (non-hydrogen) atoms. The number of halogens is 4. The number of nitrogens with one attached hydrogen (secondary N) is 1. The van der Waals surface area contributed by atoms with Crippen molar-refractivity contribution >= 4 is 44.9 Å². The van der Waals surface area contributed by atoms with Gasteiger partial charge in [0.15, 0.2) is 5.82 Å². The summed E-state index contributed by atoms with van der Waals surface area (Å²) in [4.78, 5) is 33.0. The monoisotopic (exact) mass is 634 g/mol. The Morgan fingerprint density at radius 2 is 1.95 bits per heavy atom. The van der Waals surface area contributed by atoms with Gasteiger partial charge < -0.3 is 10.5 Å². The highest BCUT2D eigenvalue weighted by Crippen LogP contribution is 2.40. The van der Waals surface area contributed by atoms with Gasteiger partial charge in [-0.25, -0.2) is 30.9 Å². The molecule has 2 aromatic heterocycles. The van der Waals surface area contributed by atoms with Crippen LogP contribution >= 0.6 is 11.6 Å². The van der Waals surface area contributed by atoms with Crippen molar-refractivity contribution in [1.82, 2.24) is 10.3 Å². The molecule has 0 unspecified atom stereocenters. The maximum absolute atomic E-state index is 14.6. The molecular formula is C27H22ClF3N6O5S. The molecule has 2 amide bonds. The van der Waals surface area contributed by atoms with Crippen molar-refractivity contribution in [3.8, 4) is 6.07 Å². The van der Waals surface area contributed by atoms with Crippen LogP contribution in [0, 0.1) is 22.4 Å². The van der Waals surface area contributed by atoms with E-state index >= 15 is 0 Å². The number of carbonyl (C=O) groups is 2. The van der Waals surface area contributed by atoms with Crippen molar-refractivity contribution in [2.24, 2.45) is 0 Å². The lowest BCUT2D eigenvalue weighted by molar-refractivity contribution is -0.606. The molecule has 5 rings (SSSR count). The molecule has 3 aromatic rings. The van der Waals surface area contributed by atoms with Crippen LogP contribution in [0.15, 0.2) is 61.1 Å². The summed E-state index contributed by atoms with van der Waals surface area (Å²) in [6, 6.07) is 6.70.